The van der Waals surface area contributed by atoms with Crippen molar-refractivity contribution in [2.45, 2.75) is 44.8 Å². The molecular weight excluding hydrogens is 380 g/mol. The first-order chi connectivity index (χ1) is 14.6. The van der Waals surface area contributed by atoms with Gasteiger partial charge >= 0.3 is 0 Å². The topological polar surface area (TPSA) is 105 Å². The fraction of sp³-hybridized carbons (Fsp3) is 0.348. The van der Waals surface area contributed by atoms with Gasteiger partial charge in [0.15, 0.2) is 0 Å². The molecule has 4 rings (SSSR count). The SMILES string of the molecule is NCCCc1cccc(NCc2cccc3c2CN(C2CCC(=O)NC2=O)C3=O)c1. The zero-order chi connectivity index (χ0) is 21.1. The van der Waals surface area contributed by atoms with E-state index in [2.05, 4.69) is 22.8 Å². The van der Waals surface area contributed by atoms with Crippen molar-refractivity contribution in [3.63, 3.8) is 0 Å². The molecule has 0 aromatic heterocycles. The Balaban J connectivity index is 1.48. The number of anilines is 1. The van der Waals surface area contributed by atoms with E-state index in [1.807, 2.05) is 24.3 Å². The Morgan fingerprint density at radius 3 is 2.77 bits per heavy atom. The van der Waals surface area contributed by atoms with Gasteiger partial charge in [0.05, 0.1) is 0 Å². The number of rotatable bonds is 7. The van der Waals surface area contributed by atoms with Gasteiger partial charge in [0.1, 0.15) is 6.04 Å². The molecule has 0 spiro atoms. The van der Waals surface area contributed by atoms with Crippen molar-refractivity contribution >= 4 is 23.4 Å². The third kappa shape index (κ3) is 4.07. The molecule has 2 aromatic rings. The molecule has 30 heavy (non-hydrogen) atoms. The number of hydrogen-bond acceptors (Lipinski definition) is 5. The lowest BCUT2D eigenvalue weighted by Gasteiger charge is -2.29. The molecule has 156 valence electrons. The van der Waals surface area contributed by atoms with Crippen LogP contribution in [0.5, 0.6) is 0 Å². The Hall–Kier alpha value is -3.19. The van der Waals surface area contributed by atoms with Crippen molar-refractivity contribution in [1.82, 2.24) is 10.2 Å². The zero-order valence-electron chi connectivity index (χ0n) is 16.8. The zero-order valence-corrected chi connectivity index (χ0v) is 16.8. The molecule has 0 saturated carbocycles. The van der Waals surface area contributed by atoms with E-state index in [4.69, 9.17) is 5.73 Å². The number of nitrogens with zero attached hydrogens (tertiary/aromatic N) is 1. The minimum Gasteiger partial charge on any atom is -0.381 e. The molecule has 1 saturated heterocycles. The predicted molar refractivity (Wildman–Crippen MR) is 114 cm³/mol. The maximum atomic E-state index is 12.9. The Morgan fingerprint density at radius 2 is 1.97 bits per heavy atom. The average Bonchev–Trinajstić information content (AvgIpc) is 3.08. The molecule has 2 aliphatic heterocycles. The molecule has 2 aromatic carbocycles. The van der Waals surface area contributed by atoms with Gasteiger partial charge in [-0.3, -0.25) is 19.7 Å². The molecule has 1 atom stereocenters. The highest BCUT2D eigenvalue weighted by atomic mass is 16.2. The van der Waals surface area contributed by atoms with Crippen molar-refractivity contribution in [2.75, 3.05) is 11.9 Å². The number of nitrogens with two attached hydrogens (primary N) is 1. The lowest BCUT2D eigenvalue weighted by Crippen LogP contribution is -2.52. The van der Waals surface area contributed by atoms with Gasteiger partial charge in [-0.15, -0.1) is 0 Å². The summed E-state index contributed by atoms with van der Waals surface area (Å²) in [6, 6.07) is 13.4. The Labute approximate surface area is 175 Å². The highest BCUT2D eigenvalue weighted by Gasteiger charge is 2.39. The van der Waals surface area contributed by atoms with Gasteiger partial charge in [-0.25, -0.2) is 0 Å². The third-order valence-corrected chi connectivity index (χ3v) is 5.76. The van der Waals surface area contributed by atoms with E-state index >= 15 is 0 Å². The summed E-state index contributed by atoms with van der Waals surface area (Å²) in [6.45, 7) is 1.64. The second kappa shape index (κ2) is 8.67. The number of imide groups is 1. The molecule has 0 aliphatic carbocycles. The van der Waals surface area contributed by atoms with Crippen LogP contribution in [0.3, 0.4) is 0 Å². The third-order valence-electron chi connectivity index (χ3n) is 5.76. The largest absolute Gasteiger partial charge is 0.381 e. The molecule has 7 heteroatoms. The number of nitrogens with one attached hydrogen (secondary N) is 2. The van der Waals surface area contributed by atoms with E-state index in [1.165, 1.54) is 5.56 Å². The number of carbonyl (C=O) groups is 3. The predicted octanol–water partition coefficient (Wildman–Crippen LogP) is 1.95. The molecule has 2 aliphatic rings. The van der Waals surface area contributed by atoms with E-state index in [1.54, 1.807) is 11.0 Å². The lowest BCUT2D eigenvalue weighted by atomic mass is 10.0. The normalized spacial score (nSPS) is 18.4. The fourth-order valence-electron chi connectivity index (χ4n) is 4.16. The van der Waals surface area contributed by atoms with Gasteiger partial charge in [-0.05, 0) is 60.7 Å². The number of carbonyl (C=O) groups excluding carboxylic acids is 3. The highest BCUT2D eigenvalue weighted by molar-refractivity contribution is 6.05. The number of hydrogen-bond donors (Lipinski definition) is 3. The van der Waals surface area contributed by atoms with E-state index in [-0.39, 0.29) is 24.1 Å². The molecule has 1 unspecified atom stereocenters. The Bertz CT molecular complexity index is 988. The van der Waals surface area contributed by atoms with Crippen LogP contribution in [0, 0.1) is 0 Å². The van der Waals surface area contributed by atoms with Crippen molar-refractivity contribution in [1.29, 1.82) is 0 Å². The van der Waals surface area contributed by atoms with Crippen molar-refractivity contribution in [3.8, 4) is 0 Å². The standard InChI is InChI=1S/C23H26N4O3/c24-11-3-5-15-4-1-7-17(12-15)25-13-16-6-2-8-18-19(16)14-27(23(18)30)20-9-10-21(28)26-22(20)29/h1-2,4,6-8,12,20,25H,3,5,9-11,13-14,24H2,(H,26,28,29). The fourth-order valence-corrected chi connectivity index (χ4v) is 4.16. The molecule has 0 radical (unpaired) electrons. The van der Waals surface area contributed by atoms with E-state index in [9.17, 15) is 14.4 Å². The van der Waals surface area contributed by atoms with E-state index in [0.29, 0.717) is 31.6 Å². The number of piperidine rings is 1. The van der Waals surface area contributed by atoms with Gasteiger partial charge in [0.25, 0.3) is 5.91 Å². The quantitative estimate of drug-likeness (QED) is 0.610. The molecular formula is C23H26N4O3. The minimum absolute atomic E-state index is 0.148. The first-order valence-electron chi connectivity index (χ1n) is 10.3. The van der Waals surface area contributed by atoms with Crippen LogP contribution in [-0.2, 0) is 29.1 Å². The second-order valence-corrected chi connectivity index (χ2v) is 7.79. The monoisotopic (exact) mass is 406 g/mol. The molecule has 0 bridgehead atoms. The summed E-state index contributed by atoms with van der Waals surface area (Å²) in [5.74, 6) is -0.814. The highest BCUT2D eigenvalue weighted by Crippen LogP contribution is 2.30. The molecule has 4 N–H and O–H groups in total. The first kappa shape index (κ1) is 20.1. The van der Waals surface area contributed by atoms with Gasteiger partial charge in [-0.2, -0.15) is 0 Å². The van der Waals surface area contributed by atoms with Crippen LogP contribution in [-0.4, -0.2) is 35.2 Å². The number of aryl methyl sites for hydroxylation is 1. The summed E-state index contributed by atoms with van der Waals surface area (Å²) in [5, 5.41) is 5.79. The summed E-state index contributed by atoms with van der Waals surface area (Å²) in [5.41, 5.74) is 10.5. The maximum absolute atomic E-state index is 12.9. The summed E-state index contributed by atoms with van der Waals surface area (Å²) in [6.07, 6.45) is 2.52. The number of fused-ring (bicyclic) bond motifs is 1. The van der Waals surface area contributed by atoms with Crippen LogP contribution < -0.4 is 16.4 Å². The van der Waals surface area contributed by atoms with E-state index < -0.39 is 6.04 Å². The van der Waals surface area contributed by atoms with Gasteiger partial charge in [-0.1, -0.05) is 24.3 Å². The van der Waals surface area contributed by atoms with Crippen LogP contribution in [0.4, 0.5) is 5.69 Å². The van der Waals surface area contributed by atoms with Crippen LogP contribution in [0.25, 0.3) is 0 Å². The van der Waals surface area contributed by atoms with Gasteiger partial charge in [0.2, 0.25) is 11.8 Å². The summed E-state index contributed by atoms with van der Waals surface area (Å²) in [4.78, 5) is 38.2. The Morgan fingerprint density at radius 1 is 1.13 bits per heavy atom. The number of benzene rings is 2. The van der Waals surface area contributed by atoms with Crippen LogP contribution in [0.15, 0.2) is 42.5 Å². The first-order valence-corrected chi connectivity index (χ1v) is 10.3. The van der Waals surface area contributed by atoms with Gasteiger partial charge in [0, 0.05) is 30.8 Å². The van der Waals surface area contributed by atoms with Crippen LogP contribution in [0.1, 0.15) is 46.3 Å². The van der Waals surface area contributed by atoms with E-state index in [0.717, 1.165) is 29.7 Å². The van der Waals surface area contributed by atoms with Crippen molar-refractivity contribution in [2.24, 2.45) is 5.73 Å². The maximum Gasteiger partial charge on any atom is 0.255 e. The molecule has 3 amide bonds. The van der Waals surface area contributed by atoms with Crippen molar-refractivity contribution < 1.29 is 14.4 Å². The average molecular weight is 406 g/mol. The second-order valence-electron chi connectivity index (χ2n) is 7.79. The smallest absolute Gasteiger partial charge is 0.255 e. The van der Waals surface area contributed by atoms with Gasteiger partial charge < -0.3 is 16.0 Å². The molecule has 2 heterocycles. The number of amides is 3. The van der Waals surface area contributed by atoms with Crippen LogP contribution in [0.2, 0.25) is 0 Å². The molecule has 1 fully saturated rings. The van der Waals surface area contributed by atoms with Crippen molar-refractivity contribution in [3.05, 3.63) is 64.7 Å². The van der Waals surface area contributed by atoms with Crippen LogP contribution >= 0.6 is 0 Å². The summed E-state index contributed by atoms with van der Waals surface area (Å²) in [7, 11) is 0. The summed E-state index contributed by atoms with van der Waals surface area (Å²) >= 11 is 0. The molecule has 7 nitrogen and oxygen atoms in total. The Kier molecular flexibility index (Phi) is 5.81. The lowest BCUT2D eigenvalue weighted by molar-refractivity contribution is -0.136. The summed E-state index contributed by atoms with van der Waals surface area (Å²) < 4.78 is 0. The minimum atomic E-state index is -0.595.